The molecule has 0 bridgehead atoms. The molecule has 1 amide bonds. The molecule has 1 aromatic heterocycles. The van der Waals surface area contributed by atoms with Crippen LogP contribution < -0.4 is 10.1 Å². The predicted molar refractivity (Wildman–Crippen MR) is 109 cm³/mol. The molecule has 1 fully saturated rings. The molecule has 0 spiro atoms. The molecule has 1 aliphatic heterocycles. The Morgan fingerprint density at radius 1 is 1.32 bits per heavy atom. The van der Waals surface area contributed by atoms with Crippen LogP contribution in [0.4, 0.5) is 5.82 Å². The van der Waals surface area contributed by atoms with Gasteiger partial charge in [-0.2, -0.15) is 5.10 Å². The van der Waals surface area contributed by atoms with Crippen LogP contribution in [0.15, 0.2) is 24.3 Å². The molecule has 28 heavy (non-hydrogen) atoms. The molecule has 0 saturated carbocycles. The first-order valence-electron chi connectivity index (χ1n) is 9.44. The topological polar surface area (TPSA) is 90.3 Å². The van der Waals surface area contributed by atoms with E-state index in [0.717, 1.165) is 16.8 Å². The number of aromatic nitrogens is 2. The number of anilines is 1. The summed E-state index contributed by atoms with van der Waals surface area (Å²) in [7, 11) is -3.04. The van der Waals surface area contributed by atoms with Gasteiger partial charge in [0.25, 0.3) is 5.91 Å². The van der Waals surface area contributed by atoms with Crippen molar-refractivity contribution in [1.82, 2.24) is 9.78 Å². The lowest BCUT2D eigenvalue weighted by Crippen LogP contribution is -2.24. The second-order valence-corrected chi connectivity index (χ2v) is 9.92. The van der Waals surface area contributed by atoms with E-state index in [9.17, 15) is 13.2 Å². The monoisotopic (exact) mass is 405 g/mol. The zero-order chi connectivity index (χ0) is 20.5. The van der Waals surface area contributed by atoms with Gasteiger partial charge in [0, 0.05) is 6.07 Å². The Morgan fingerprint density at radius 2 is 2.07 bits per heavy atom. The largest absolute Gasteiger partial charge is 0.483 e. The van der Waals surface area contributed by atoms with Gasteiger partial charge in [-0.25, -0.2) is 13.1 Å². The number of aryl methyl sites for hydroxylation is 2. The van der Waals surface area contributed by atoms with Crippen molar-refractivity contribution in [3.63, 3.8) is 0 Å². The number of benzene rings is 1. The van der Waals surface area contributed by atoms with E-state index >= 15 is 0 Å². The number of ether oxygens (including phenoxy) is 1. The van der Waals surface area contributed by atoms with Gasteiger partial charge in [0.15, 0.2) is 16.4 Å². The van der Waals surface area contributed by atoms with Gasteiger partial charge in [-0.15, -0.1) is 0 Å². The minimum atomic E-state index is -3.04. The van der Waals surface area contributed by atoms with Crippen molar-refractivity contribution in [2.45, 2.75) is 46.1 Å². The number of hydrogen-bond acceptors (Lipinski definition) is 5. The van der Waals surface area contributed by atoms with E-state index in [0.29, 0.717) is 23.9 Å². The Bertz CT molecular complexity index is 979. The van der Waals surface area contributed by atoms with Crippen molar-refractivity contribution >= 4 is 21.6 Å². The van der Waals surface area contributed by atoms with Crippen LogP contribution in [0.5, 0.6) is 5.75 Å². The number of rotatable bonds is 6. The maximum atomic E-state index is 12.4. The number of sulfone groups is 1. The van der Waals surface area contributed by atoms with Crippen LogP contribution >= 0.6 is 0 Å². The van der Waals surface area contributed by atoms with Gasteiger partial charge in [-0.1, -0.05) is 26.0 Å². The van der Waals surface area contributed by atoms with Crippen molar-refractivity contribution in [2.75, 3.05) is 23.4 Å². The van der Waals surface area contributed by atoms with Gasteiger partial charge < -0.3 is 10.1 Å². The minimum absolute atomic E-state index is 0.0503. The standard InChI is InChI=1S/C20H27N3O4S/c1-13(2)16-6-5-14(3)18(10-16)27-11-20(24)21-19-9-15(4)22-23(19)17-7-8-28(25,26)12-17/h5-6,9-10,13,17H,7-8,11-12H2,1-4H3,(H,21,24). The van der Waals surface area contributed by atoms with Crippen LogP contribution in [0.3, 0.4) is 0 Å². The van der Waals surface area contributed by atoms with Gasteiger partial charge in [0.2, 0.25) is 0 Å². The lowest BCUT2D eigenvalue weighted by molar-refractivity contribution is -0.118. The third kappa shape index (κ3) is 4.73. The Hall–Kier alpha value is -2.35. The molecule has 2 aromatic rings. The van der Waals surface area contributed by atoms with Crippen LogP contribution in [0.1, 0.15) is 49.0 Å². The first kappa shape index (κ1) is 20.4. The summed E-state index contributed by atoms with van der Waals surface area (Å²) in [6.45, 7) is 7.83. The molecule has 2 heterocycles. The smallest absolute Gasteiger partial charge is 0.263 e. The Balaban J connectivity index is 1.67. The Labute approximate surface area is 166 Å². The van der Waals surface area contributed by atoms with Crippen molar-refractivity contribution in [3.8, 4) is 5.75 Å². The van der Waals surface area contributed by atoms with E-state index in [2.05, 4.69) is 30.3 Å². The van der Waals surface area contributed by atoms with E-state index in [1.807, 2.05) is 26.0 Å². The highest BCUT2D eigenvalue weighted by Gasteiger charge is 2.31. The third-order valence-electron chi connectivity index (χ3n) is 4.92. The Kier molecular flexibility index (Phi) is 5.79. The number of carbonyl (C=O) groups excluding carboxylic acids is 1. The zero-order valence-corrected chi connectivity index (χ0v) is 17.5. The van der Waals surface area contributed by atoms with Gasteiger partial charge in [0.1, 0.15) is 11.6 Å². The van der Waals surface area contributed by atoms with Gasteiger partial charge >= 0.3 is 0 Å². The van der Waals surface area contributed by atoms with Crippen molar-refractivity contribution in [1.29, 1.82) is 0 Å². The lowest BCUT2D eigenvalue weighted by Gasteiger charge is -2.15. The van der Waals surface area contributed by atoms with Crippen molar-refractivity contribution in [3.05, 3.63) is 41.1 Å². The Morgan fingerprint density at radius 3 is 2.71 bits per heavy atom. The number of amides is 1. The normalized spacial score (nSPS) is 18.4. The highest BCUT2D eigenvalue weighted by molar-refractivity contribution is 7.91. The van der Waals surface area contributed by atoms with E-state index < -0.39 is 9.84 Å². The summed E-state index contributed by atoms with van der Waals surface area (Å²) in [6.07, 6.45) is 0.504. The van der Waals surface area contributed by atoms with Gasteiger partial charge in [0.05, 0.1) is 23.2 Å². The summed E-state index contributed by atoms with van der Waals surface area (Å²) in [6, 6.07) is 7.50. The molecule has 7 nitrogen and oxygen atoms in total. The van der Waals surface area contributed by atoms with Crippen molar-refractivity contribution < 1.29 is 17.9 Å². The molecular weight excluding hydrogens is 378 g/mol. The average molecular weight is 406 g/mol. The molecule has 8 heteroatoms. The number of hydrogen-bond donors (Lipinski definition) is 1. The average Bonchev–Trinajstić information content (AvgIpc) is 3.15. The fourth-order valence-electron chi connectivity index (χ4n) is 3.31. The first-order chi connectivity index (χ1) is 13.1. The van der Waals surface area contributed by atoms with E-state index in [4.69, 9.17) is 4.74 Å². The second-order valence-electron chi connectivity index (χ2n) is 7.69. The summed E-state index contributed by atoms with van der Waals surface area (Å²) < 4.78 is 30.9. The van der Waals surface area contributed by atoms with Crippen molar-refractivity contribution in [2.24, 2.45) is 0 Å². The number of nitrogens with zero attached hydrogens (tertiary/aromatic N) is 2. The molecule has 1 aromatic carbocycles. The number of nitrogens with one attached hydrogen (secondary N) is 1. The molecule has 3 rings (SSSR count). The first-order valence-corrected chi connectivity index (χ1v) is 11.3. The second kappa shape index (κ2) is 7.95. The number of carbonyl (C=O) groups is 1. The third-order valence-corrected chi connectivity index (χ3v) is 6.67. The maximum Gasteiger partial charge on any atom is 0.263 e. The maximum absolute atomic E-state index is 12.4. The fraction of sp³-hybridized carbons (Fsp3) is 0.500. The summed E-state index contributed by atoms with van der Waals surface area (Å²) in [5.41, 5.74) is 2.84. The quantitative estimate of drug-likeness (QED) is 0.798. The summed E-state index contributed by atoms with van der Waals surface area (Å²) >= 11 is 0. The van der Waals surface area contributed by atoms with E-state index in [1.165, 1.54) is 0 Å². The van der Waals surface area contributed by atoms with E-state index in [1.54, 1.807) is 10.7 Å². The highest BCUT2D eigenvalue weighted by Crippen LogP contribution is 2.27. The molecule has 1 saturated heterocycles. The van der Waals surface area contributed by atoms with Gasteiger partial charge in [-0.05, 0) is 43.4 Å². The summed E-state index contributed by atoms with van der Waals surface area (Å²) in [5.74, 6) is 1.45. The summed E-state index contributed by atoms with van der Waals surface area (Å²) in [4.78, 5) is 12.4. The predicted octanol–water partition coefficient (Wildman–Crippen LogP) is 3.00. The van der Waals surface area contributed by atoms with Crippen LogP contribution in [0, 0.1) is 13.8 Å². The molecule has 152 valence electrons. The highest BCUT2D eigenvalue weighted by atomic mass is 32.2. The van der Waals surface area contributed by atoms with Crippen LogP contribution in [0.2, 0.25) is 0 Å². The summed E-state index contributed by atoms with van der Waals surface area (Å²) in [5, 5.41) is 7.18. The fourth-order valence-corrected chi connectivity index (χ4v) is 5.00. The molecule has 1 aliphatic rings. The SMILES string of the molecule is Cc1cc(NC(=O)COc2cc(C(C)C)ccc2C)n(C2CCS(=O)(=O)C2)n1. The van der Waals surface area contributed by atoms with Gasteiger partial charge in [-0.3, -0.25) is 4.79 Å². The molecular formula is C20H27N3O4S. The molecule has 0 aliphatic carbocycles. The molecule has 1 unspecified atom stereocenters. The van der Waals surface area contributed by atoms with E-state index in [-0.39, 0.29) is 30.1 Å². The molecule has 1 N–H and O–H groups in total. The van der Waals surface area contributed by atoms with Crippen LogP contribution in [0.25, 0.3) is 0 Å². The molecule has 0 radical (unpaired) electrons. The lowest BCUT2D eigenvalue weighted by atomic mass is 10.0. The van der Waals surface area contributed by atoms with Crippen LogP contribution in [-0.2, 0) is 14.6 Å². The zero-order valence-electron chi connectivity index (χ0n) is 16.7. The van der Waals surface area contributed by atoms with Crippen LogP contribution in [-0.4, -0.2) is 42.2 Å². The molecule has 1 atom stereocenters. The minimum Gasteiger partial charge on any atom is -0.483 e.